The van der Waals surface area contributed by atoms with Crippen molar-refractivity contribution >= 4 is 11.0 Å². The van der Waals surface area contributed by atoms with Crippen LogP contribution in [0, 0.1) is 0 Å². The number of benzene rings is 2. The summed E-state index contributed by atoms with van der Waals surface area (Å²) in [4.78, 5) is 0. The number of hydrogen-bond acceptors (Lipinski definition) is 2. The molecular formula is C18H18O2. The van der Waals surface area contributed by atoms with E-state index in [1.54, 1.807) is 0 Å². The second-order valence-corrected chi connectivity index (χ2v) is 5.12. The summed E-state index contributed by atoms with van der Waals surface area (Å²) in [5.41, 5.74) is 0.628. The molecule has 3 rings (SSSR count). The van der Waals surface area contributed by atoms with Gasteiger partial charge in [-0.15, -0.1) is 0 Å². The third-order valence-electron chi connectivity index (χ3n) is 3.70. The van der Waals surface area contributed by atoms with Gasteiger partial charge in [-0.3, -0.25) is 0 Å². The summed E-state index contributed by atoms with van der Waals surface area (Å²) in [7, 11) is 0. The van der Waals surface area contributed by atoms with Crippen LogP contribution in [0.25, 0.3) is 11.0 Å². The fourth-order valence-electron chi connectivity index (χ4n) is 2.67. The van der Waals surface area contributed by atoms with Crippen LogP contribution in [0.2, 0.25) is 0 Å². The quantitative estimate of drug-likeness (QED) is 0.756. The fourth-order valence-corrected chi connectivity index (χ4v) is 2.67. The second kappa shape index (κ2) is 5.14. The molecule has 1 aromatic heterocycles. The molecule has 2 heteroatoms. The van der Waals surface area contributed by atoms with Crippen molar-refractivity contribution in [3.63, 3.8) is 0 Å². The van der Waals surface area contributed by atoms with Crippen LogP contribution in [0.15, 0.2) is 65.1 Å². The molecule has 2 nitrogen and oxygen atoms in total. The predicted molar refractivity (Wildman–Crippen MR) is 80.6 cm³/mol. The van der Waals surface area contributed by atoms with Crippen LogP contribution in [0.1, 0.15) is 31.1 Å². The lowest BCUT2D eigenvalue weighted by Crippen LogP contribution is -2.26. The van der Waals surface area contributed by atoms with E-state index >= 15 is 0 Å². The summed E-state index contributed by atoms with van der Waals surface area (Å²) in [6.45, 7) is 2.07. The normalized spacial score (nSPS) is 14.3. The Labute approximate surface area is 118 Å². The van der Waals surface area contributed by atoms with Crippen molar-refractivity contribution in [3.8, 4) is 0 Å². The van der Waals surface area contributed by atoms with Gasteiger partial charge in [0.2, 0.25) is 0 Å². The number of furan rings is 1. The SMILES string of the molecule is CCCC(O)(c1ccccc1)c1cc2ccccc2o1. The van der Waals surface area contributed by atoms with E-state index in [1.165, 1.54) is 0 Å². The maximum atomic E-state index is 11.2. The maximum absolute atomic E-state index is 11.2. The highest BCUT2D eigenvalue weighted by Crippen LogP contribution is 2.37. The van der Waals surface area contributed by atoms with Gasteiger partial charge in [0.1, 0.15) is 16.9 Å². The van der Waals surface area contributed by atoms with Gasteiger partial charge in [-0.1, -0.05) is 61.9 Å². The van der Waals surface area contributed by atoms with E-state index in [4.69, 9.17) is 4.42 Å². The molecule has 102 valence electrons. The summed E-state index contributed by atoms with van der Waals surface area (Å²) < 4.78 is 5.89. The molecule has 1 atom stereocenters. The molecule has 1 N–H and O–H groups in total. The maximum Gasteiger partial charge on any atom is 0.147 e. The zero-order valence-corrected chi connectivity index (χ0v) is 11.5. The molecule has 0 amide bonds. The minimum atomic E-state index is -1.06. The Morgan fingerprint density at radius 2 is 1.70 bits per heavy atom. The Morgan fingerprint density at radius 1 is 1.00 bits per heavy atom. The summed E-state index contributed by atoms with van der Waals surface area (Å²) >= 11 is 0. The number of para-hydroxylation sites is 1. The van der Waals surface area contributed by atoms with Gasteiger partial charge in [0.25, 0.3) is 0 Å². The van der Waals surface area contributed by atoms with Gasteiger partial charge < -0.3 is 9.52 Å². The number of hydrogen-bond donors (Lipinski definition) is 1. The molecule has 0 aliphatic carbocycles. The van der Waals surface area contributed by atoms with Gasteiger partial charge in [0.15, 0.2) is 0 Å². The molecule has 0 aliphatic rings. The summed E-state index contributed by atoms with van der Waals surface area (Å²) in [6.07, 6.45) is 1.51. The smallest absolute Gasteiger partial charge is 0.147 e. The van der Waals surface area contributed by atoms with E-state index in [0.29, 0.717) is 12.2 Å². The highest BCUT2D eigenvalue weighted by molar-refractivity contribution is 5.78. The Balaban J connectivity index is 2.14. The average molecular weight is 266 g/mol. The van der Waals surface area contributed by atoms with Crippen LogP contribution >= 0.6 is 0 Å². The topological polar surface area (TPSA) is 33.4 Å². The van der Waals surface area contributed by atoms with Crippen molar-refractivity contribution in [1.82, 2.24) is 0 Å². The first kappa shape index (κ1) is 12.9. The third-order valence-corrected chi connectivity index (χ3v) is 3.70. The zero-order valence-electron chi connectivity index (χ0n) is 11.5. The van der Waals surface area contributed by atoms with Crippen molar-refractivity contribution < 1.29 is 9.52 Å². The molecular weight excluding hydrogens is 248 g/mol. The van der Waals surface area contributed by atoms with Crippen LogP contribution < -0.4 is 0 Å². The van der Waals surface area contributed by atoms with E-state index in [2.05, 4.69) is 6.92 Å². The molecule has 3 aromatic rings. The molecule has 0 saturated carbocycles. The van der Waals surface area contributed by atoms with E-state index in [0.717, 1.165) is 23.0 Å². The highest BCUT2D eigenvalue weighted by atomic mass is 16.4. The molecule has 20 heavy (non-hydrogen) atoms. The lowest BCUT2D eigenvalue weighted by atomic mass is 9.87. The Bertz CT molecular complexity index is 667. The van der Waals surface area contributed by atoms with Gasteiger partial charge in [0.05, 0.1) is 0 Å². The summed E-state index contributed by atoms with van der Waals surface area (Å²) in [5.74, 6) is 0.617. The van der Waals surface area contributed by atoms with Crippen molar-refractivity contribution in [3.05, 3.63) is 72.0 Å². The molecule has 0 spiro atoms. The van der Waals surface area contributed by atoms with Crippen LogP contribution in [0.5, 0.6) is 0 Å². The summed E-state index contributed by atoms with van der Waals surface area (Å²) in [5, 5.41) is 12.2. The molecule has 0 aliphatic heterocycles. The van der Waals surface area contributed by atoms with Gasteiger partial charge >= 0.3 is 0 Å². The van der Waals surface area contributed by atoms with Crippen LogP contribution in [-0.2, 0) is 5.60 Å². The minimum absolute atomic E-state index is 0.617. The van der Waals surface area contributed by atoms with Gasteiger partial charge in [-0.2, -0.15) is 0 Å². The fraction of sp³-hybridized carbons (Fsp3) is 0.222. The highest BCUT2D eigenvalue weighted by Gasteiger charge is 2.34. The standard InChI is InChI=1S/C18H18O2/c1-2-12-18(19,15-9-4-3-5-10-15)17-13-14-8-6-7-11-16(14)20-17/h3-11,13,19H,2,12H2,1H3. The second-order valence-electron chi connectivity index (χ2n) is 5.12. The van der Waals surface area contributed by atoms with E-state index in [1.807, 2.05) is 60.7 Å². The predicted octanol–water partition coefficient (Wildman–Crippen LogP) is 4.47. The lowest BCUT2D eigenvalue weighted by molar-refractivity contribution is 0.0486. The van der Waals surface area contributed by atoms with Crippen LogP contribution in [0.3, 0.4) is 0 Å². The first-order valence-electron chi connectivity index (χ1n) is 7.01. The van der Waals surface area contributed by atoms with Crippen molar-refractivity contribution in [2.45, 2.75) is 25.4 Å². The Hall–Kier alpha value is -2.06. The Kier molecular flexibility index (Phi) is 3.33. The van der Waals surface area contributed by atoms with Gasteiger partial charge in [-0.05, 0) is 24.1 Å². The third kappa shape index (κ3) is 2.12. The van der Waals surface area contributed by atoms with Gasteiger partial charge in [0, 0.05) is 5.39 Å². The van der Waals surface area contributed by atoms with E-state index in [-0.39, 0.29) is 0 Å². The monoisotopic (exact) mass is 266 g/mol. The van der Waals surface area contributed by atoms with E-state index < -0.39 is 5.60 Å². The first-order chi connectivity index (χ1) is 9.74. The van der Waals surface area contributed by atoms with Crippen molar-refractivity contribution in [2.24, 2.45) is 0 Å². The lowest BCUT2D eigenvalue weighted by Gasteiger charge is -2.26. The number of aliphatic hydroxyl groups is 1. The van der Waals surface area contributed by atoms with Gasteiger partial charge in [-0.25, -0.2) is 0 Å². The molecule has 0 radical (unpaired) electrons. The molecule has 1 unspecified atom stereocenters. The first-order valence-corrected chi connectivity index (χ1v) is 7.01. The average Bonchev–Trinajstić information content (AvgIpc) is 2.93. The largest absolute Gasteiger partial charge is 0.458 e. The molecule has 0 fully saturated rings. The molecule has 0 saturated heterocycles. The van der Waals surface area contributed by atoms with Crippen LogP contribution in [0.4, 0.5) is 0 Å². The molecule has 0 bridgehead atoms. The number of rotatable bonds is 4. The minimum Gasteiger partial charge on any atom is -0.458 e. The molecule has 2 aromatic carbocycles. The van der Waals surface area contributed by atoms with Crippen molar-refractivity contribution in [2.75, 3.05) is 0 Å². The van der Waals surface area contributed by atoms with E-state index in [9.17, 15) is 5.11 Å². The molecule has 1 heterocycles. The number of fused-ring (bicyclic) bond motifs is 1. The zero-order chi connectivity index (χ0) is 14.0. The summed E-state index contributed by atoms with van der Waals surface area (Å²) in [6, 6.07) is 19.5. The van der Waals surface area contributed by atoms with Crippen LogP contribution in [-0.4, -0.2) is 5.11 Å². The van der Waals surface area contributed by atoms with Crippen molar-refractivity contribution in [1.29, 1.82) is 0 Å². The Morgan fingerprint density at radius 3 is 2.40 bits per heavy atom.